The number of thiazole rings is 1. The van der Waals surface area contributed by atoms with Gasteiger partial charge in [0, 0.05) is 70.0 Å². The lowest BCUT2D eigenvalue weighted by molar-refractivity contribution is -0.133. The van der Waals surface area contributed by atoms with Gasteiger partial charge in [0.15, 0.2) is 16.6 Å². The van der Waals surface area contributed by atoms with Crippen molar-refractivity contribution in [2.75, 3.05) is 78.0 Å². The first kappa shape index (κ1) is 23.7. The standard InChI is InChI=1S/C21H29N5O5S2/c1-30-18-4-3-17(15-19(18)31-2)33(28,29)26-12-10-24(11-13-26)20(27)16-23-6-8-25(9-7-23)21-22-5-14-32-21/h3-5,14-15H,6-13,16H2,1-2H3. The number of methoxy groups -OCH3 is 2. The van der Waals surface area contributed by atoms with Crippen molar-refractivity contribution in [1.29, 1.82) is 0 Å². The van der Waals surface area contributed by atoms with E-state index in [1.165, 1.54) is 30.7 Å². The van der Waals surface area contributed by atoms with E-state index in [9.17, 15) is 13.2 Å². The molecule has 0 spiro atoms. The summed E-state index contributed by atoms with van der Waals surface area (Å²) < 4.78 is 38.0. The Bertz CT molecular complexity index is 1050. The summed E-state index contributed by atoms with van der Waals surface area (Å²) in [6.45, 7) is 4.94. The van der Waals surface area contributed by atoms with Gasteiger partial charge in [-0.3, -0.25) is 9.69 Å². The third kappa shape index (κ3) is 5.24. The molecule has 2 aliphatic heterocycles. The fourth-order valence-electron chi connectivity index (χ4n) is 4.06. The van der Waals surface area contributed by atoms with E-state index in [0.29, 0.717) is 31.1 Å². The summed E-state index contributed by atoms with van der Waals surface area (Å²) in [7, 11) is -0.712. The second-order valence-corrected chi connectivity index (χ2v) is 10.7. The predicted octanol–water partition coefficient (Wildman–Crippen LogP) is 0.815. The van der Waals surface area contributed by atoms with Gasteiger partial charge in [0.2, 0.25) is 15.9 Å². The second kappa shape index (κ2) is 10.2. The Morgan fingerprint density at radius 1 is 1.00 bits per heavy atom. The molecule has 0 radical (unpaired) electrons. The highest BCUT2D eigenvalue weighted by atomic mass is 32.2. The van der Waals surface area contributed by atoms with Crippen LogP contribution in [0.3, 0.4) is 0 Å². The van der Waals surface area contributed by atoms with Crippen molar-refractivity contribution in [2.24, 2.45) is 0 Å². The molecule has 180 valence electrons. The molecular weight excluding hydrogens is 466 g/mol. The fourth-order valence-corrected chi connectivity index (χ4v) is 6.20. The van der Waals surface area contributed by atoms with Crippen LogP contribution < -0.4 is 14.4 Å². The average molecular weight is 496 g/mol. The molecule has 2 aliphatic rings. The molecule has 33 heavy (non-hydrogen) atoms. The Hall–Kier alpha value is -2.41. The molecule has 1 amide bonds. The quantitative estimate of drug-likeness (QED) is 0.557. The van der Waals surface area contributed by atoms with Crippen LogP contribution in [0.15, 0.2) is 34.7 Å². The third-order valence-corrected chi connectivity index (χ3v) is 8.73. The molecule has 2 fully saturated rings. The summed E-state index contributed by atoms with van der Waals surface area (Å²) in [4.78, 5) is 23.5. The van der Waals surface area contributed by atoms with Gasteiger partial charge in [0.25, 0.3) is 0 Å². The number of anilines is 1. The van der Waals surface area contributed by atoms with Gasteiger partial charge in [-0.15, -0.1) is 11.3 Å². The van der Waals surface area contributed by atoms with E-state index in [1.54, 1.807) is 28.5 Å². The van der Waals surface area contributed by atoms with Crippen LogP contribution in [0.4, 0.5) is 5.13 Å². The lowest BCUT2D eigenvalue weighted by Gasteiger charge is -2.37. The Morgan fingerprint density at radius 2 is 1.70 bits per heavy atom. The molecule has 0 atom stereocenters. The number of ether oxygens (including phenoxy) is 2. The first-order valence-corrected chi connectivity index (χ1v) is 13.1. The van der Waals surface area contributed by atoms with Gasteiger partial charge in [-0.25, -0.2) is 13.4 Å². The fraction of sp³-hybridized carbons (Fsp3) is 0.524. The van der Waals surface area contributed by atoms with Crippen LogP contribution in [0.25, 0.3) is 0 Å². The first-order valence-electron chi connectivity index (χ1n) is 10.8. The SMILES string of the molecule is COc1ccc(S(=O)(=O)N2CCN(C(=O)CN3CCN(c4nccs4)CC3)CC2)cc1OC. The number of benzene rings is 1. The van der Waals surface area contributed by atoms with Crippen LogP contribution in [0, 0.1) is 0 Å². The summed E-state index contributed by atoms with van der Waals surface area (Å²) in [5.41, 5.74) is 0. The molecule has 0 aliphatic carbocycles. The van der Waals surface area contributed by atoms with Gasteiger partial charge in [-0.2, -0.15) is 4.31 Å². The zero-order chi connectivity index (χ0) is 23.4. The maximum absolute atomic E-state index is 13.1. The van der Waals surface area contributed by atoms with Crippen LogP contribution in [0.1, 0.15) is 0 Å². The molecule has 0 N–H and O–H groups in total. The van der Waals surface area contributed by atoms with Crippen LogP contribution in [0.2, 0.25) is 0 Å². The molecule has 0 unspecified atom stereocenters. The highest BCUT2D eigenvalue weighted by Crippen LogP contribution is 2.31. The highest BCUT2D eigenvalue weighted by Gasteiger charge is 2.31. The summed E-state index contributed by atoms with van der Waals surface area (Å²) in [5.74, 6) is 0.877. The zero-order valence-corrected chi connectivity index (χ0v) is 20.5. The van der Waals surface area contributed by atoms with Crippen molar-refractivity contribution in [1.82, 2.24) is 19.1 Å². The minimum absolute atomic E-state index is 0.0425. The smallest absolute Gasteiger partial charge is 0.243 e. The van der Waals surface area contributed by atoms with E-state index >= 15 is 0 Å². The van der Waals surface area contributed by atoms with Gasteiger partial charge >= 0.3 is 0 Å². The van der Waals surface area contributed by atoms with Crippen LogP contribution >= 0.6 is 11.3 Å². The van der Waals surface area contributed by atoms with Gasteiger partial charge < -0.3 is 19.3 Å². The average Bonchev–Trinajstić information content (AvgIpc) is 3.39. The van der Waals surface area contributed by atoms with Crippen LogP contribution in [-0.2, 0) is 14.8 Å². The molecule has 3 heterocycles. The van der Waals surface area contributed by atoms with Gasteiger partial charge in [0.05, 0.1) is 25.7 Å². The highest BCUT2D eigenvalue weighted by molar-refractivity contribution is 7.89. The molecular formula is C21H29N5O5S2. The number of hydrogen-bond acceptors (Lipinski definition) is 9. The lowest BCUT2D eigenvalue weighted by atomic mass is 10.3. The number of carbonyl (C=O) groups is 1. The van der Waals surface area contributed by atoms with E-state index in [1.807, 2.05) is 5.38 Å². The molecule has 1 aromatic heterocycles. The van der Waals surface area contributed by atoms with Crippen LogP contribution in [0.5, 0.6) is 11.5 Å². The van der Waals surface area contributed by atoms with E-state index < -0.39 is 10.0 Å². The molecule has 10 nitrogen and oxygen atoms in total. The number of carbonyl (C=O) groups excluding carboxylic acids is 1. The van der Waals surface area contributed by atoms with Crippen molar-refractivity contribution in [3.05, 3.63) is 29.8 Å². The topological polar surface area (TPSA) is 95.5 Å². The van der Waals surface area contributed by atoms with Crippen LogP contribution in [-0.4, -0.2) is 107 Å². The first-order chi connectivity index (χ1) is 15.9. The molecule has 1 aromatic carbocycles. The zero-order valence-electron chi connectivity index (χ0n) is 18.8. The minimum Gasteiger partial charge on any atom is -0.493 e. The van der Waals surface area contributed by atoms with Gasteiger partial charge in [0.1, 0.15) is 0 Å². The number of aromatic nitrogens is 1. The molecule has 0 bridgehead atoms. The minimum atomic E-state index is -3.68. The molecule has 4 rings (SSSR count). The second-order valence-electron chi connectivity index (χ2n) is 7.88. The lowest BCUT2D eigenvalue weighted by Crippen LogP contribution is -2.54. The molecule has 2 aromatic rings. The van der Waals surface area contributed by atoms with Crippen molar-refractivity contribution in [3.63, 3.8) is 0 Å². The number of hydrogen-bond donors (Lipinski definition) is 0. The van der Waals surface area contributed by atoms with E-state index in [0.717, 1.165) is 31.3 Å². The number of piperazine rings is 2. The van der Waals surface area contributed by atoms with Crippen molar-refractivity contribution < 1.29 is 22.7 Å². The van der Waals surface area contributed by atoms with Gasteiger partial charge in [-0.05, 0) is 12.1 Å². The number of amides is 1. The summed E-state index contributed by atoms with van der Waals surface area (Å²) >= 11 is 1.63. The Kier molecular flexibility index (Phi) is 7.37. The Balaban J connectivity index is 1.29. The third-order valence-electron chi connectivity index (χ3n) is 6.01. The summed E-state index contributed by atoms with van der Waals surface area (Å²) in [6, 6.07) is 4.57. The number of sulfonamides is 1. The molecule has 12 heteroatoms. The number of rotatable bonds is 7. The maximum atomic E-state index is 13.1. The largest absolute Gasteiger partial charge is 0.493 e. The number of nitrogens with zero attached hydrogens (tertiary/aromatic N) is 5. The summed E-state index contributed by atoms with van der Waals surface area (Å²) in [6.07, 6.45) is 1.81. The molecule has 2 saturated heterocycles. The van der Waals surface area contributed by atoms with E-state index in [4.69, 9.17) is 9.47 Å². The normalized spacial score (nSPS) is 18.4. The monoisotopic (exact) mass is 495 g/mol. The Morgan fingerprint density at radius 3 is 2.30 bits per heavy atom. The molecule has 0 saturated carbocycles. The maximum Gasteiger partial charge on any atom is 0.243 e. The van der Waals surface area contributed by atoms with E-state index in [2.05, 4.69) is 14.8 Å². The van der Waals surface area contributed by atoms with E-state index in [-0.39, 0.29) is 23.9 Å². The van der Waals surface area contributed by atoms with Crippen molar-refractivity contribution in [3.8, 4) is 11.5 Å². The summed E-state index contributed by atoms with van der Waals surface area (Å²) in [5, 5.41) is 2.99. The Labute approximate surface area is 198 Å². The van der Waals surface area contributed by atoms with Crippen molar-refractivity contribution >= 4 is 32.4 Å². The predicted molar refractivity (Wildman–Crippen MR) is 126 cm³/mol. The van der Waals surface area contributed by atoms with Gasteiger partial charge in [-0.1, -0.05) is 0 Å². The van der Waals surface area contributed by atoms with Crippen molar-refractivity contribution in [2.45, 2.75) is 4.90 Å².